The Morgan fingerprint density at radius 3 is 3.00 bits per heavy atom. The van der Waals surface area contributed by atoms with E-state index in [0.29, 0.717) is 24.3 Å². The number of pyridine rings is 1. The van der Waals surface area contributed by atoms with Gasteiger partial charge in [0.1, 0.15) is 0 Å². The normalized spacial score (nSPS) is 17.0. The second-order valence-electron chi connectivity index (χ2n) is 5.88. The van der Waals surface area contributed by atoms with Crippen molar-refractivity contribution >= 4 is 41.7 Å². The fraction of sp³-hybridized carbons (Fsp3) is 0.667. The van der Waals surface area contributed by atoms with Crippen molar-refractivity contribution in [1.82, 2.24) is 15.6 Å². The molecule has 1 fully saturated rings. The second kappa shape index (κ2) is 13.5. The van der Waals surface area contributed by atoms with Crippen molar-refractivity contribution in [2.75, 3.05) is 25.4 Å². The van der Waals surface area contributed by atoms with Crippen molar-refractivity contribution in [3.8, 4) is 5.88 Å². The molecular weight excluding hydrogens is 447 g/mol. The molecule has 0 saturated carbocycles. The van der Waals surface area contributed by atoms with Gasteiger partial charge in [0.05, 0.1) is 13.2 Å². The van der Waals surface area contributed by atoms with E-state index in [1.54, 1.807) is 6.20 Å². The van der Waals surface area contributed by atoms with Crippen molar-refractivity contribution in [3.63, 3.8) is 0 Å². The summed E-state index contributed by atoms with van der Waals surface area (Å²) in [4.78, 5) is 9.05. The van der Waals surface area contributed by atoms with Crippen molar-refractivity contribution < 1.29 is 4.74 Å². The van der Waals surface area contributed by atoms with Crippen LogP contribution in [0.15, 0.2) is 23.3 Å². The first-order valence-corrected chi connectivity index (χ1v) is 10.1. The Morgan fingerprint density at radius 2 is 2.28 bits per heavy atom. The lowest BCUT2D eigenvalue weighted by Gasteiger charge is -2.15. The van der Waals surface area contributed by atoms with Crippen LogP contribution in [0.25, 0.3) is 0 Å². The number of ether oxygens (including phenoxy) is 1. The lowest BCUT2D eigenvalue weighted by molar-refractivity contribution is 0.294. The highest BCUT2D eigenvalue weighted by atomic mass is 127. The maximum absolute atomic E-state index is 5.79. The average Bonchev–Trinajstić information content (AvgIpc) is 3.12. The summed E-state index contributed by atoms with van der Waals surface area (Å²) in [5.74, 6) is 2.86. The molecule has 1 aliphatic rings. The molecule has 0 aliphatic carbocycles. The largest absolute Gasteiger partial charge is 0.477 e. The van der Waals surface area contributed by atoms with Crippen molar-refractivity contribution in [2.45, 2.75) is 51.3 Å². The molecule has 0 amide bonds. The van der Waals surface area contributed by atoms with E-state index in [9.17, 15) is 0 Å². The Morgan fingerprint density at radius 1 is 1.40 bits per heavy atom. The van der Waals surface area contributed by atoms with Gasteiger partial charge in [-0.15, -0.1) is 24.0 Å². The molecular formula is C18H31IN4OS. The third-order valence-electron chi connectivity index (χ3n) is 3.86. The first-order chi connectivity index (χ1) is 11.8. The Bertz CT molecular complexity index is 510. The summed E-state index contributed by atoms with van der Waals surface area (Å²) >= 11 is 2.06. The summed E-state index contributed by atoms with van der Waals surface area (Å²) in [5.41, 5.74) is 1.03. The number of thioether (sulfide) groups is 1. The van der Waals surface area contributed by atoms with E-state index in [4.69, 9.17) is 9.73 Å². The van der Waals surface area contributed by atoms with Crippen LogP contribution in [0.5, 0.6) is 5.88 Å². The van der Waals surface area contributed by atoms with Crippen LogP contribution >= 0.6 is 35.7 Å². The molecule has 1 saturated heterocycles. The minimum Gasteiger partial charge on any atom is -0.477 e. The Hall–Kier alpha value is -0.700. The summed E-state index contributed by atoms with van der Waals surface area (Å²) in [5, 5.41) is 7.49. The molecule has 1 aliphatic heterocycles. The van der Waals surface area contributed by atoms with Gasteiger partial charge in [-0.05, 0) is 38.0 Å². The van der Waals surface area contributed by atoms with Gasteiger partial charge >= 0.3 is 0 Å². The smallest absolute Gasteiger partial charge is 0.218 e. The number of unbranched alkanes of at least 4 members (excludes halogenated alkanes) is 1. The number of halogens is 1. The molecule has 0 radical (unpaired) electrons. The summed E-state index contributed by atoms with van der Waals surface area (Å²) < 4.78 is 5.79. The van der Waals surface area contributed by atoms with Crippen LogP contribution in [0.4, 0.5) is 0 Å². The zero-order valence-electron chi connectivity index (χ0n) is 15.3. The highest BCUT2D eigenvalue weighted by Gasteiger charge is 2.15. The lowest BCUT2D eigenvalue weighted by Crippen LogP contribution is -2.40. The number of aromatic nitrogens is 1. The van der Waals surface area contributed by atoms with Gasteiger partial charge in [-0.3, -0.25) is 0 Å². The molecule has 25 heavy (non-hydrogen) atoms. The fourth-order valence-electron chi connectivity index (χ4n) is 2.51. The van der Waals surface area contributed by atoms with Gasteiger partial charge in [-0.25, -0.2) is 9.98 Å². The van der Waals surface area contributed by atoms with E-state index < -0.39 is 0 Å². The molecule has 5 nitrogen and oxygen atoms in total. The lowest BCUT2D eigenvalue weighted by atomic mass is 10.2. The SMILES string of the molecule is CCCCOc1ncccc1CN=C(NCC)NCC1CCCS1.I. The third-order valence-corrected chi connectivity index (χ3v) is 5.26. The highest BCUT2D eigenvalue weighted by molar-refractivity contribution is 14.0. The standard InChI is InChI=1S/C18H30N4OS.HI/c1-3-5-11-23-17-15(8-6-10-20-17)13-21-18(19-4-2)22-14-16-9-7-12-24-16;/h6,8,10,16H,3-5,7,9,11-14H2,1-2H3,(H2,19,21,22);1H. The van der Waals surface area contributed by atoms with Crippen LogP contribution in [0.3, 0.4) is 0 Å². The van der Waals surface area contributed by atoms with Gasteiger partial charge < -0.3 is 15.4 Å². The third kappa shape index (κ3) is 8.48. The maximum Gasteiger partial charge on any atom is 0.218 e. The molecule has 7 heteroatoms. The minimum absolute atomic E-state index is 0. The molecule has 0 spiro atoms. The number of guanidine groups is 1. The molecule has 2 heterocycles. The van der Waals surface area contributed by atoms with Gasteiger partial charge in [0, 0.05) is 30.1 Å². The van der Waals surface area contributed by atoms with E-state index in [1.165, 1.54) is 18.6 Å². The van der Waals surface area contributed by atoms with E-state index in [1.807, 2.05) is 12.1 Å². The van der Waals surface area contributed by atoms with Gasteiger partial charge in [-0.2, -0.15) is 11.8 Å². The monoisotopic (exact) mass is 478 g/mol. The molecule has 1 aromatic rings. The van der Waals surface area contributed by atoms with Crippen LogP contribution in [0, 0.1) is 0 Å². The number of nitrogens with zero attached hydrogens (tertiary/aromatic N) is 2. The second-order valence-corrected chi connectivity index (χ2v) is 7.29. The quantitative estimate of drug-likeness (QED) is 0.245. The summed E-state index contributed by atoms with van der Waals surface area (Å²) in [6, 6.07) is 3.97. The van der Waals surface area contributed by atoms with Crippen LogP contribution in [0.2, 0.25) is 0 Å². The Labute approximate surface area is 173 Å². The van der Waals surface area contributed by atoms with E-state index in [0.717, 1.165) is 37.5 Å². The summed E-state index contributed by atoms with van der Waals surface area (Å²) in [6.07, 6.45) is 6.57. The topological polar surface area (TPSA) is 58.5 Å². The average molecular weight is 478 g/mol. The molecule has 1 atom stereocenters. The molecule has 1 unspecified atom stereocenters. The van der Waals surface area contributed by atoms with Crippen LogP contribution in [0.1, 0.15) is 45.1 Å². The molecule has 142 valence electrons. The number of rotatable bonds is 9. The van der Waals surface area contributed by atoms with Crippen LogP contribution in [-0.4, -0.2) is 41.6 Å². The maximum atomic E-state index is 5.79. The summed E-state index contributed by atoms with van der Waals surface area (Å²) in [6.45, 7) is 7.36. The zero-order chi connectivity index (χ0) is 17.0. The first kappa shape index (κ1) is 22.3. The summed E-state index contributed by atoms with van der Waals surface area (Å²) in [7, 11) is 0. The molecule has 2 rings (SSSR count). The predicted molar refractivity (Wildman–Crippen MR) is 118 cm³/mol. The predicted octanol–water partition coefficient (Wildman–Crippen LogP) is 3.83. The van der Waals surface area contributed by atoms with Crippen LogP contribution < -0.4 is 15.4 Å². The van der Waals surface area contributed by atoms with E-state index in [2.05, 4.69) is 41.2 Å². The van der Waals surface area contributed by atoms with E-state index >= 15 is 0 Å². The number of nitrogens with one attached hydrogen (secondary N) is 2. The van der Waals surface area contributed by atoms with Crippen molar-refractivity contribution in [1.29, 1.82) is 0 Å². The van der Waals surface area contributed by atoms with Crippen LogP contribution in [-0.2, 0) is 6.54 Å². The number of aliphatic imine (C=N–C) groups is 1. The van der Waals surface area contributed by atoms with Gasteiger partial charge in [-0.1, -0.05) is 19.4 Å². The molecule has 0 aromatic carbocycles. The Balaban J connectivity index is 0.00000312. The fourth-order valence-corrected chi connectivity index (χ4v) is 3.71. The molecule has 0 bridgehead atoms. The molecule has 1 aromatic heterocycles. The highest BCUT2D eigenvalue weighted by Crippen LogP contribution is 2.25. The van der Waals surface area contributed by atoms with E-state index in [-0.39, 0.29) is 24.0 Å². The first-order valence-electron chi connectivity index (χ1n) is 9.04. The van der Waals surface area contributed by atoms with Gasteiger partial charge in [0.15, 0.2) is 5.96 Å². The van der Waals surface area contributed by atoms with Crippen molar-refractivity contribution in [3.05, 3.63) is 23.9 Å². The van der Waals surface area contributed by atoms with Gasteiger partial charge in [0.2, 0.25) is 5.88 Å². The van der Waals surface area contributed by atoms with Crippen molar-refractivity contribution in [2.24, 2.45) is 4.99 Å². The number of hydrogen-bond donors (Lipinski definition) is 2. The number of hydrogen-bond acceptors (Lipinski definition) is 4. The van der Waals surface area contributed by atoms with Gasteiger partial charge in [0.25, 0.3) is 0 Å². The zero-order valence-corrected chi connectivity index (χ0v) is 18.4. The molecule has 2 N–H and O–H groups in total. The minimum atomic E-state index is 0. The Kier molecular flexibility index (Phi) is 12.1.